The summed E-state index contributed by atoms with van der Waals surface area (Å²) >= 11 is 12.3. The molecule has 3 rings (SSSR count). The zero-order chi connectivity index (χ0) is 15.4. The van der Waals surface area contributed by atoms with E-state index < -0.39 is 0 Å². The van der Waals surface area contributed by atoms with Crippen molar-refractivity contribution in [1.29, 1.82) is 0 Å². The molecule has 1 heterocycles. The number of benzene rings is 2. The van der Waals surface area contributed by atoms with Gasteiger partial charge in [0.15, 0.2) is 5.82 Å². The molecular formula is C16H14Cl2N4. The van der Waals surface area contributed by atoms with Crippen LogP contribution in [0.2, 0.25) is 10.0 Å². The lowest BCUT2D eigenvalue weighted by Gasteiger charge is -2.07. The van der Waals surface area contributed by atoms with Gasteiger partial charge in [0, 0.05) is 12.1 Å². The van der Waals surface area contributed by atoms with Gasteiger partial charge in [-0.15, -0.1) is 5.10 Å². The molecule has 0 aliphatic rings. The molecule has 0 saturated heterocycles. The summed E-state index contributed by atoms with van der Waals surface area (Å²) in [6.45, 7) is 0.722. The Hall–Kier alpha value is -1.91. The molecule has 0 fully saturated rings. The number of aromatic nitrogens is 4. The van der Waals surface area contributed by atoms with E-state index in [9.17, 15) is 0 Å². The van der Waals surface area contributed by atoms with Crippen LogP contribution in [0.15, 0.2) is 48.5 Å². The summed E-state index contributed by atoms with van der Waals surface area (Å²) in [5.41, 5.74) is 2.05. The first-order valence-electron chi connectivity index (χ1n) is 7.00. The first-order chi connectivity index (χ1) is 10.8. The van der Waals surface area contributed by atoms with Crippen LogP contribution in [0.25, 0.3) is 11.4 Å². The van der Waals surface area contributed by atoms with E-state index in [1.54, 1.807) is 10.7 Å². The van der Waals surface area contributed by atoms with Gasteiger partial charge in [-0.2, -0.15) is 0 Å². The molecule has 112 valence electrons. The molecule has 2 aromatic carbocycles. The molecule has 0 spiro atoms. The second-order valence-corrected chi connectivity index (χ2v) is 5.70. The molecule has 0 aliphatic heterocycles. The van der Waals surface area contributed by atoms with Crippen molar-refractivity contribution in [2.75, 3.05) is 0 Å². The van der Waals surface area contributed by atoms with Crippen LogP contribution in [0.4, 0.5) is 0 Å². The number of tetrazole rings is 1. The van der Waals surface area contributed by atoms with Crippen LogP contribution in [0.1, 0.15) is 12.0 Å². The summed E-state index contributed by atoms with van der Waals surface area (Å²) in [7, 11) is 0. The maximum Gasteiger partial charge on any atom is 0.183 e. The Balaban J connectivity index is 1.74. The Labute approximate surface area is 138 Å². The van der Waals surface area contributed by atoms with Gasteiger partial charge in [0.25, 0.3) is 0 Å². The zero-order valence-corrected chi connectivity index (χ0v) is 13.3. The summed E-state index contributed by atoms with van der Waals surface area (Å²) in [4.78, 5) is 0. The third kappa shape index (κ3) is 3.29. The first-order valence-corrected chi connectivity index (χ1v) is 7.76. The summed E-state index contributed by atoms with van der Waals surface area (Å²) in [5, 5.41) is 12.9. The topological polar surface area (TPSA) is 43.6 Å². The SMILES string of the molecule is Clc1cccc(-c2nnnn2CCCc2ccccc2)c1Cl. The fraction of sp³-hybridized carbons (Fsp3) is 0.188. The third-order valence-electron chi connectivity index (χ3n) is 3.40. The van der Waals surface area contributed by atoms with Crippen LogP contribution in [0.3, 0.4) is 0 Å². The van der Waals surface area contributed by atoms with Gasteiger partial charge in [0.05, 0.1) is 10.0 Å². The number of hydrogen-bond donors (Lipinski definition) is 0. The molecule has 0 saturated carbocycles. The number of aryl methyl sites for hydroxylation is 2. The van der Waals surface area contributed by atoms with Crippen molar-refractivity contribution in [1.82, 2.24) is 20.2 Å². The summed E-state index contributed by atoms with van der Waals surface area (Å²) in [6.07, 6.45) is 1.92. The quantitative estimate of drug-likeness (QED) is 0.700. The van der Waals surface area contributed by atoms with Gasteiger partial charge in [-0.25, -0.2) is 4.68 Å². The molecule has 1 aromatic heterocycles. The van der Waals surface area contributed by atoms with E-state index in [1.165, 1.54) is 5.56 Å². The lowest BCUT2D eigenvalue weighted by molar-refractivity contribution is 0.563. The highest BCUT2D eigenvalue weighted by Gasteiger charge is 2.14. The number of nitrogens with zero attached hydrogens (tertiary/aromatic N) is 4. The molecule has 0 bridgehead atoms. The molecule has 0 atom stereocenters. The van der Waals surface area contributed by atoms with E-state index in [2.05, 4.69) is 27.7 Å². The normalized spacial score (nSPS) is 10.8. The Bertz CT molecular complexity index is 756. The standard InChI is InChI=1S/C16H14Cl2N4/c17-14-10-4-9-13(15(14)18)16-19-20-21-22(16)11-5-8-12-6-2-1-3-7-12/h1-4,6-7,9-10H,5,8,11H2. The first kappa shape index (κ1) is 15.0. The fourth-order valence-corrected chi connectivity index (χ4v) is 2.69. The zero-order valence-electron chi connectivity index (χ0n) is 11.8. The Morgan fingerprint density at radius 1 is 0.955 bits per heavy atom. The number of hydrogen-bond acceptors (Lipinski definition) is 3. The Kier molecular flexibility index (Phi) is 4.71. The highest BCUT2D eigenvalue weighted by atomic mass is 35.5. The minimum Gasteiger partial charge on any atom is -0.225 e. The van der Waals surface area contributed by atoms with Crippen LogP contribution in [-0.2, 0) is 13.0 Å². The van der Waals surface area contributed by atoms with Gasteiger partial charge >= 0.3 is 0 Å². The van der Waals surface area contributed by atoms with Gasteiger partial charge in [-0.05, 0) is 41.0 Å². The minimum atomic E-state index is 0.475. The van der Waals surface area contributed by atoms with Gasteiger partial charge in [0.1, 0.15) is 0 Å². The van der Waals surface area contributed by atoms with E-state index in [-0.39, 0.29) is 0 Å². The predicted molar refractivity (Wildman–Crippen MR) is 88.0 cm³/mol. The molecule has 4 nitrogen and oxygen atoms in total. The molecule has 22 heavy (non-hydrogen) atoms. The van der Waals surface area contributed by atoms with Crippen molar-refractivity contribution >= 4 is 23.2 Å². The third-order valence-corrected chi connectivity index (χ3v) is 4.22. The van der Waals surface area contributed by atoms with Crippen LogP contribution >= 0.6 is 23.2 Å². The van der Waals surface area contributed by atoms with Gasteiger partial charge < -0.3 is 0 Å². The summed E-state index contributed by atoms with van der Waals surface area (Å²) < 4.78 is 1.76. The molecule has 0 N–H and O–H groups in total. The molecular weight excluding hydrogens is 319 g/mol. The minimum absolute atomic E-state index is 0.475. The monoisotopic (exact) mass is 332 g/mol. The van der Waals surface area contributed by atoms with Crippen LogP contribution < -0.4 is 0 Å². The second-order valence-electron chi connectivity index (χ2n) is 4.92. The highest BCUT2D eigenvalue weighted by molar-refractivity contribution is 6.43. The molecule has 0 amide bonds. The van der Waals surface area contributed by atoms with E-state index in [4.69, 9.17) is 23.2 Å². The lowest BCUT2D eigenvalue weighted by Crippen LogP contribution is -2.04. The molecule has 0 unspecified atom stereocenters. The van der Waals surface area contributed by atoms with E-state index in [0.717, 1.165) is 24.9 Å². The maximum absolute atomic E-state index is 6.25. The average molecular weight is 333 g/mol. The van der Waals surface area contributed by atoms with Crippen LogP contribution in [0.5, 0.6) is 0 Å². The van der Waals surface area contributed by atoms with Gasteiger partial charge in [-0.3, -0.25) is 0 Å². The van der Waals surface area contributed by atoms with E-state index in [0.29, 0.717) is 15.9 Å². The Morgan fingerprint density at radius 2 is 1.77 bits per heavy atom. The highest BCUT2D eigenvalue weighted by Crippen LogP contribution is 2.31. The van der Waals surface area contributed by atoms with Crippen molar-refractivity contribution in [2.24, 2.45) is 0 Å². The van der Waals surface area contributed by atoms with Crippen molar-refractivity contribution in [3.8, 4) is 11.4 Å². The predicted octanol–water partition coefficient (Wildman–Crippen LogP) is 4.28. The van der Waals surface area contributed by atoms with Crippen molar-refractivity contribution in [3.05, 3.63) is 64.1 Å². The lowest BCUT2D eigenvalue weighted by atomic mass is 10.1. The molecule has 3 aromatic rings. The van der Waals surface area contributed by atoms with E-state index >= 15 is 0 Å². The van der Waals surface area contributed by atoms with Gasteiger partial charge in [-0.1, -0.05) is 59.6 Å². The molecule has 0 radical (unpaired) electrons. The fourth-order valence-electron chi connectivity index (χ4n) is 2.30. The number of rotatable bonds is 5. The van der Waals surface area contributed by atoms with Crippen molar-refractivity contribution < 1.29 is 0 Å². The van der Waals surface area contributed by atoms with Gasteiger partial charge in [0.2, 0.25) is 0 Å². The average Bonchev–Trinajstić information content (AvgIpc) is 2.99. The van der Waals surface area contributed by atoms with Crippen molar-refractivity contribution in [3.63, 3.8) is 0 Å². The summed E-state index contributed by atoms with van der Waals surface area (Å²) in [6, 6.07) is 15.8. The molecule has 6 heteroatoms. The number of halogens is 2. The smallest absolute Gasteiger partial charge is 0.183 e. The maximum atomic E-state index is 6.25. The van der Waals surface area contributed by atoms with Crippen molar-refractivity contribution in [2.45, 2.75) is 19.4 Å². The van der Waals surface area contributed by atoms with E-state index in [1.807, 2.05) is 30.3 Å². The van der Waals surface area contributed by atoms with Crippen LogP contribution in [-0.4, -0.2) is 20.2 Å². The largest absolute Gasteiger partial charge is 0.225 e. The Morgan fingerprint density at radius 3 is 2.59 bits per heavy atom. The van der Waals surface area contributed by atoms with Crippen LogP contribution in [0, 0.1) is 0 Å². The second kappa shape index (κ2) is 6.90. The summed E-state index contributed by atoms with van der Waals surface area (Å²) in [5.74, 6) is 0.639. The molecule has 0 aliphatic carbocycles.